The van der Waals surface area contributed by atoms with Crippen LogP contribution in [0.1, 0.15) is 46.0 Å². The summed E-state index contributed by atoms with van der Waals surface area (Å²) in [6.45, 7) is 4.00. The Hall–Kier alpha value is -0.0800. The maximum atomic E-state index is 3.30. The molecule has 0 aromatic rings. The van der Waals surface area contributed by atoms with Crippen molar-refractivity contribution in [3.05, 3.63) is 0 Å². The quantitative estimate of drug-likeness (QED) is 0.660. The fourth-order valence-electron chi connectivity index (χ4n) is 1.39. The second kappa shape index (κ2) is 14.4. The SMILES string of the molecule is CC.CNC.CNC1CCCCC1. The minimum atomic E-state index is 0.837. The summed E-state index contributed by atoms with van der Waals surface area (Å²) in [5.41, 5.74) is 0. The molecule has 1 saturated carbocycles. The first-order valence-corrected chi connectivity index (χ1v) is 5.61. The van der Waals surface area contributed by atoms with E-state index in [4.69, 9.17) is 0 Å². The van der Waals surface area contributed by atoms with Gasteiger partial charge >= 0.3 is 0 Å². The van der Waals surface area contributed by atoms with Crippen molar-refractivity contribution in [2.75, 3.05) is 21.1 Å². The fraction of sp³-hybridized carbons (Fsp3) is 1.00. The van der Waals surface area contributed by atoms with E-state index in [9.17, 15) is 0 Å². The van der Waals surface area contributed by atoms with Crippen LogP contribution in [-0.2, 0) is 0 Å². The van der Waals surface area contributed by atoms with Crippen LogP contribution >= 0.6 is 0 Å². The lowest BCUT2D eigenvalue weighted by Crippen LogP contribution is -2.26. The first kappa shape index (κ1) is 15.4. The molecular formula is C11H28N2. The summed E-state index contributed by atoms with van der Waals surface area (Å²) in [6, 6.07) is 0.837. The zero-order valence-corrected chi connectivity index (χ0v) is 10.1. The van der Waals surface area contributed by atoms with Gasteiger partial charge < -0.3 is 10.6 Å². The van der Waals surface area contributed by atoms with E-state index in [1.165, 1.54) is 32.1 Å². The van der Waals surface area contributed by atoms with E-state index in [1.54, 1.807) is 0 Å². The molecule has 0 aromatic carbocycles. The molecule has 2 nitrogen and oxygen atoms in total. The van der Waals surface area contributed by atoms with Gasteiger partial charge in [-0.2, -0.15) is 0 Å². The highest BCUT2D eigenvalue weighted by Gasteiger charge is 2.09. The Labute approximate surface area is 84.5 Å². The Morgan fingerprint density at radius 2 is 1.23 bits per heavy atom. The highest BCUT2D eigenvalue weighted by molar-refractivity contribution is 4.68. The monoisotopic (exact) mass is 188 g/mol. The number of rotatable bonds is 1. The highest BCUT2D eigenvalue weighted by Crippen LogP contribution is 2.16. The molecule has 82 valence electrons. The van der Waals surface area contributed by atoms with E-state index in [1.807, 2.05) is 27.9 Å². The summed E-state index contributed by atoms with van der Waals surface area (Å²) in [5, 5.41) is 6.05. The van der Waals surface area contributed by atoms with E-state index in [0.717, 1.165) is 6.04 Å². The van der Waals surface area contributed by atoms with E-state index >= 15 is 0 Å². The Kier molecular flexibility index (Phi) is 17.1. The van der Waals surface area contributed by atoms with Gasteiger partial charge in [-0.05, 0) is 34.0 Å². The third kappa shape index (κ3) is 11.9. The first-order chi connectivity index (χ1) is 6.35. The van der Waals surface area contributed by atoms with Gasteiger partial charge in [0.15, 0.2) is 0 Å². The van der Waals surface area contributed by atoms with Gasteiger partial charge in [-0.3, -0.25) is 0 Å². The van der Waals surface area contributed by atoms with Crippen LogP contribution in [0.5, 0.6) is 0 Å². The van der Waals surface area contributed by atoms with Gasteiger partial charge in [0.2, 0.25) is 0 Å². The Bertz CT molecular complexity index is 68.5. The standard InChI is InChI=1S/C7H15N.C2H7N.C2H6/c1-8-7-5-3-2-4-6-7;1-3-2;1-2/h7-8H,2-6H2,1H3;3H,1-2H3;1-2H3. The molecule has 1 rings (SSSR count). The topological polar surface area (TPSA) is 24.1 Å². The molecule has 0 saturated heterocycles. The molecule has 0 atom stereocenters. The summed E-state index contributed by atoms with van der Waals surface area (Å²) in [5.74, 6) is 0. The average Bonchev–Trinajstić information content (AvgIpc) is 2.23. The largest absolute Gasteiger partial charge is 0.323 e. The van der Waals surface area contributed by atoms with Crippen LogP contribution in [-0.4, -0.2) is 27.2 Å². The van der Waals surface area contributed by atoms with Gasteiger partial charge in [-0.1, -0.05) is 33.1 Å². The summed E-state index contributed by atoms with van der Waals surface area (Å²) in [4.78, 5) is 0. The van der Waals surface area contributed by atoms with Crippen LogP contribution in [0, 0.1) is 0 Å². The molecule has 0 aromatic heterocycles. The van der Waals surface area contributed by atoms with Crippen LogP contribution in [0.2, 0.25) is 0 Å². The van der Waals surface area contributed by atoms with Gasteiger partial charge in [0.05, 0.1) is 0 Å². The minimum absolute atomic E-state index is 0.837. The van der Waals surface area contributed by atoms with Crippen molar-refractivity contribution in [2.24, 2.45) is 0 Å². The second-order valence-electron chi connectivity index (χ2n) is 3.12. The first-order valence-electron chi connectivity index (χ1n) is 5.61. The lowest BCUT2D eigenvalue weighted by atomic mass is 9.96. The summed E-state index contributed by atoms with van der Waals surface area (Å²) in [6.07, 6.45) is 7.13. The van der Waals surface area contributed by atoms with Gasteiger partial charge in [0.25, 0.3) is 0 Å². The summed E-state index contributed by atoms with van der Waals surface area (Å²) >= 11 is 0. The molecule has 1 aliphatic rings. The summed E-state index contributed by atoms with van der Waals surface area (Å²) in [7, 11) is 5.82. The van der Waals surface area contributed by atoms with Crippen molar-refractivity contribution in [3.63, 3.8) is 0 Å². The third-order valence-corrected chi connectivity index (χ3v) is 2.01. The van der Waals surface area contributed by atoms with Crippen molar-refractivity contribution in [2.45, 2.75) is 52.0 Å². The molecular weight excluding hydrogens is 160 g/mol. The van der Waals surface area contributed by atoms with Gasteiger partial charge in [0.1, 0.15) is 0 Å². The maximum Gasteiger partial charge on any atom is 0.00640 e. The predicted molar refractivity (Wildman–Crippen MR) is 62.3 cm³/mol. The van der Waals surface area contributed by atoms with Gasteiger partial charge in [-0.15, -0.1) is 0 Å². The van der Waals surface area contributed by atoms with Crippen LogP contribution in [0.25, 0.3) is 0 Å². The van der Waals surface area contributed by atoms with E-state index < -0.39 is 0 Å². The predicted octanol–water partition coefficient (Wildman–Crippen LogP) is 2.40. The van der Waals surface area contributed by atoms with Crippen molar-refractivity contribution >= 4 is 0 Å². The molecule has 2 N–H and O–H groups in total. The van der Waals surface area contributed by atoms with Crippen LogP contribution < -0.4 is 10.6 Å². The van der Waals surface area contributed by atoms with Crippen molar-refractivity contribution in [1.29, 1.82) is 0 Å². The molecule has 0 spiro atoms. The molecule has 0 amide bonds. The van der Waals surface area contributed by atoms with Crippen LogP contribution in [0.3, 0.4) is 0 Å². The lowest BCUT2D eigenvalue weighted by molar-refractivity contribution is 0.394. The Morgan fingerprint density at radius 1 is 0.846 bits per heavy atom. The van der Waals surface area contributed by atoms with Gasteiger partial charge in [0, 0.05) is 6.04 Å². The molecule has 0 unspecified atom stereocenters. The molecule has 0 aliphatic heterocycles. The van der Waals surface area contributed by atoms with Crippen LogP contribution in [0.4, 0.5) is 0 Å². The molecule has 2 heteroatoms. The minimum Gasteiger partial charge on any atom is -0.323 e. The van der Waals surface area contributed by atoms with Gasteiger partial charge in [-0.25, -0.2) is 0 Å². The smallest absolute Gasteiger partial charge is 0.00640 e. The number of nitrogens with one attached hydrogen (secondary N) is 2. The summed E-state index contributed by atoms with van der Waals surface area (Å²) < 4.78 is 0. The zero-order chi connectivity index (χ0) is 10.5. The zero-order valence-electron chi connectivity index (χ0n) is 10.1. The molecule has 1 aliphatic carbocycles. The molecule has 0 radical (unpaired) electrons. The molecule has 13 heavy (non-hydrogen) atoms. The van der Waals surface area contributed by atoms with E-state index in [0.29, 0.717) is 0 Å². The molecule has 0 heterocycles. The lowest BCUT2D eigenvalue weighted by Gasteiger charge is -2.20. The second-order valence-corrected chi connectivity index (χ2v) is 3.12. The number of hydrogen-bond acceptors (Lipinski definition) is 2. The number of hydrogen-bond donors (Lipinski definition) is 2. The molecule has 0 bridgehead atoms. The van der Waals surface area contributed by atoms with E-state index in [2.05, 4.69) is 17.7 Å². The van der Waals surface area contributed by atoms with Crippen molar-refractivity contribution in [1.82, 2.24) is 10.6 Å². The van der Waals surface area contributed by atoms with E-state index in [-0.39, 0.29) is 0 Å². The Morgan fingerprint density at radius 3 is 1.46 bits per heavy atom. The maximum absolute atomic E-state index is 3.30. The Balaban J connectivity index is 0. The highest BCUT2D eigenvalue weighted by atomic mass is 14.9. The third-order valence-electron chi connectivity index (χ3n) is 2.01. The average molecular weight is 188 g/mol. The molecule has 1 fully saturated rings. The van der Waals surface area contributed by atoms with Crippen LogP contribution in [0.15, 0.2) is 0 Å². The fourth-order valence-corrected chi connectivity index (χ4v) is 1.39. The van der Waals surface area contributed by atoms with Crippen molar-refractivity contribution in [3.8, 4) is 0 Å². The normalized spacial score (nSPS) is 16.4. The van der Waals surface area contributed by atoms with Crippen molar-refractivity contribution < 1.29 is 0 Å².